The predicted octanol–water partition coefficient (Wildman–Crippen LogP) is 3.41. The van der Waals surface area contributed by atoms with Crippen LogP contribution in [0.25, 0.3) is 33.2 Å². The highest BCUT2D eigenvalue weighted by Gasteiger charge is 2.11. The highest BCUT2D eigenvalue weighted by Crippen LogP contribution is 2.24. The Bertz CT molecular complexity index is 1070. The molecule has 1 aromatic carbocycles. The number of aromatic nitrogens is 2. The van der Waals surface area contributed by atoms with Crippen LogP contribution in [0.2, 0.25) is 0 Å². The third-order valence-corrected chi connectivity index (χ3v) is 3.72. The van der Waals surface area contributed by atoms with Crippen LogP contribution in [0.4, 0.5) is 0 Å². The summed E-state index contributed by atoms with van der Waals surface area (Å²) in [5, 5.41) is 0.972. The third-order valence-electron chi connectivity index (χ3n) is 3.72. The van der Waals surface area contributed by atoms with E-state index in [1.54, 1.807) is 50.0 Å². The molecule has 112 valence electrons. The molecule has 23 heavy (non-hydrogen) atoms. The van der Waals surface area contributed by atoms with Crippen molar-refractivity contribution in [1.82, 2.24) is 9.97 Å². The second-order valence-corrected chi connectivity index (χ2v) is 5.10. The van der Waals surface area contributed by atoms with Crippen LogP contribution in [0.15, 0.2) is 64.2 Å². The van der Waals surface area contributed by atoms with Gasteiger partial charge in [-0.25, -0.2) is 0 Å². The van der Waals surface area contributed by atoms with Gasteiger partial charge in [0.25, 0.3) is 0 Å². The van der Waals surface area contributed by atoms with Crippen LogP contribution >= 0.6 is 0 Å². The molecule has 4 aromatic rings. The monoisotopic (exact) mass is 304 g/mol. The minimum absolute atomic E-state index is 0.104. The van der Waals surface area contributed by atoms with Gasteiger partial charge in [-0.05, 0) is 36.4 Å². The maximum atomic E-state index is 12.8. The molecular formula is C18H12N2O3. The molecule has 5 heteroatoms. The van der Waals surface area contributed by atoms with Crippen molar-refractivity contribution in [2.75, 3.05) is 7.11 Å². The van der Waals surface area contributed by atoms with E-state index in [-0.39, 0.29) is 5.43 Å². The lowest BCUT2D eigenvalue weighted by Crippen LogP contribution is -2.03. The molecule has 0 saturated heterocycles. The van der Waals surface area contributed by atoms with Crippen molar-refractivity contribution in [2.45, 2.75) is 0 Å². The molecule has 3 aromatic heterocycles. The van der Waals surface area contributed by atoms with Gasteiger partial charge in [-0.2, -0.15) is 0 Å². The zero-order chi connectivity index (χ0) is 15.8. The lowest BCUT2D eigenvalue weighted by atomic mass is 10.1. The molecule has 0 aliphatic rings. The van der Waals surface area contributed by atoms with Crippen LogP contribution in [0.1, 0.15) is 0 Å². The molecule has 0 atom stereocenters. The lowest BCUT2D eigenvalue weighted by Gasteiger charge is -2.05. The minimum atomic E-state index is -0.104. The zero-order valence-electron chi connectivity index (χ0n) is 12.3. The number of pyridine rings is 2. The fourth-order valence-corrected chi connectivity index (χ4v) is 2.54. The second kappa shape index (κ2) is 5.21. The van der Waals surface area contributed by atoms with Crippen molar-refractivity contribution in [1.29, 1.82) is 0 Å². The lowest BCUT2D eigenvalue weighted by molar-refractivity contribution is 0.415. The van der Waals surface area contributed by atoms with Gasteiger partial charge in [0.1, 0.15) is 11.3 Å². The fraction of sp³-hybridized carbons (Fsp3) is 0.0556. The van der Waals surface area contributed by atoms with E-state index in [1.165, 1.54) is 0 Å². The van der Waals surface area contributed by atoms with E-state index >= 15 is 0 Å². The van der Waals surface area contributed by atoms with E-state index in [9.17, 15) is 4.79 Å². The van der Waals surface area contributed by atoms with Crippen LogP contribution in [0.5, 0.6) is 5.75 Å². The van der Waals surface area contributed by atoms with Crippen LogP contribution in [0, 0.1) is 0 Å². The van der Waals surface area contributed by atoms with Gasteiger partial charge >= 0.3 is 0 Å². The maximum absolute atomic E-state index is 12.8. The number of methoxy groups -OCH3 is 1. The molecule has 0 radical (unpaired) electrons. The van der Waals surface area contributed by atoms with Crippen molar-refractivity contribution in [3.05, 3.63) is 65.2 Å². The van der Waals surface area contributed by atoms with Crippen LogP contribution < -0.4 is 10.2 Å². The fourth-order valence-electron chi connectivity index (χ4n) is 2.54. The maximum Gasteiger partial charge on any atom is 0.200 e. The van der Waals surface area contributed by atoms with Gasteiger partial charge in [0, 0.05) is 18.0 Å². The number of rotatable bonds is 2. The first-order valence-corrected chi connectivity index (χ1v) is 7.07. The summed E-state index contributed by atoms with van der Waals surface area (Å²) in [5.74, 6) is 0.616. The average molecular weight is 304 g/mol. The van der Waals surface area contributed by atoms with Crippen molar-refractivity contribution in [3.63, 3.8) is 0 Å². The van der Waals surface area contributed by atoms with Gasteiger partial charge in [0.15, 0.2) is 5.58 Å². The number of fused-ring (bicyclic) bond motifs is 2. The van der Waals surface area contributed by atoms with Crippen molar-refractivity contribution in [3.8, 4) is 17.0 Å². The second-order valence-electron chi connectivity index (χ2n) is 5.10. The molecule has 0 amide bonds. The smallest absolute Gasteiger partial charge is 0.200 e. The molecule has 0 fully saturated rings. The number of ether oxygens (including phenoxy) is 1. The molecule has 0 bridgehead atoms. The molecular weight excluding hydrogens is 292 g/mol. The Hall–Kier alpha value is -3.21. The molecule has 0 saturated carbocycles. The van der Waals surface area contributed by atoms with E-state index in [2.05, 4.69) is 9.97 Å². The molecule has 0 spiro atoms. The predicted molar refractivity (Wildman–Crippen MR) is 87.6 cm³/mol. The Morgan fingerprint density at radius 1 is 1.04 bits per heavy atom. The topological polar surface area (TPSA) is 65.2 Å². The van der Waals surface area contributed by atoms with E-state index in [4.69, 9.17) is 9.15 Å². The Morgan fingerprint density at radius 2 is 1.91 bits per heavy atom. The molecule has 3 heterocycles. The average Bonchev–Trinajstić information content (AvgIpc) is 2.62. The largest absolute Gasteiger partial charge is 0.497 e. The minimum Gasteiger partial charge on any atom is -0.497 e. The summed E-state index contributed by atoms with van der Waals surface area (Å²) in [6.45, 7) is 0. The van der Waals surface area contributed by atoms with Gasteiger partial charge in [-0.3, -0.25) is 14.8 Å². The van der Waals surface area contributed by atoms with Crippen LogP contribution in [-0.4, -0.2) is 17.1 Å². The van der Waals surface area contributed by atoms with Crippen molar-refractivity contribution < 1.29 is 9.15 Å². The molecule has 0 unspecified atom stereocenters. The summed E-state index contributed by atoms with van der Waals surface area (Å²) in [5.41, 5.74) is 2.40. The van der Waals surface area contributed by atoms with Crippen molar-refractivity contribution in [2.24, 2.45) is 0 Å². The van der Waals surface area contributed by atoms with Crippen LogP contribution in [0.3, 0.4) is 0 Å². The van der Waals surface area contributed by atoms with E-state index < -0.39 is 0 Å². The SMILES string of the molecule is COc1ccc2oc3cnc(-c4cccnc4)cc3c(=O)c2c1. The van der Waals surface area contributed by atoms with E-state index in [0.717, 1.165) is 5.56 Å². The van der Waals surface area contributed by atoms with Gasteiger partial charge in [0.2, 0.25) is 5.43 Å². The first kappa shape index (κ1) is 13.5. The first-order chi connectivity index (χ1) is 11.3. The molecule has 0 N–H and O–H groups in total. The summed E-state index contributed by atoms with van der Waals surface area (Å²) in [6, 6.07) is 10.6. The molecule has 0 aliphatic heterocycles. The summed E-state index contributed by atoms with van der Waals surface area (Å²) in [4.78, 5) is 21.2. The Labute approximate surface area is 131 Å². The Kier molecular flexibility index (Phi) is 3.05. The summed E-state index contributed by atoms with van der Waals surface area (Å²) >= 11 is 0. The van der Waals surface area contributed by atoms with E-state index in [0.29, 0.717) is 33.4 Å². The Balaban J connectivity index is 2.02. The van der Waals surface area contributed by atoms with Gasteiger partial charge in [-0.1, -0.05) is 0 Å². The molecule has 4 rings (SSSR count). The highest BCUT2D eigenvalue weighted by atomic mass is 16.5. The highest BCUT2D eigenvalue weighted by molar-refractivity contribution is 5.91. The summed E-state index contributed by atoms with van der Waals surface area (Å²) in [7, 11) is 1.56. The van der Waals surface area contributed by atoms with Gasteiger partial charge in [0.05, 0.1) is 29.8 Å². The number of benzene rings is 1. The summed E-state index contributed by atoms with van der Waals surface area (Å²) < 4.78 is 11.0. The summed E-state index contributed by atoms with van der Waals surface area (Å²) in [6.07, 6.45) is 4.97. The number of nitrogens with zero attached hydrogens (tertiary/aromatic N) is 2. The normalized spacial score (nSPS) is 11.0. The van der Waals surface area contributed by atoms with Crippen LogP contribution in [-0.2, 0) is 0 Å². The zero-order valence-corrected chi connectivity index (χ0v) is 12.3. The molecule has 0 aliphatic carbocycles. The van der Waals surface area contributed by atoms with Gasteiger partial charge in [-0.15, -0.1) is 0 Å². The third kappa shape index (κ3) is 2.23. The number of hydrogen-bond donors (Lipinski definition) is 0. The quantitative estimate of drug-likeness (QED) is 0.531. The van der Waals surface area contributed by atoms with E-state index in [1.807, 2.05) is 12.1 Å². The van der Waals surface area contributed by atoms with Crippen molar-refractivity contribution >= 4 is 21.9 Å². The Morgan fingerprint density at radius 3 is 2.70 bits per heavy atom. The van der Waals surface area contributed by atoms with Gasteiger partial charge < -0.3 is 9.15 Å². The molecule has 5 nitrogen and oxygen atoms in total. The first-order valence-electron chi connectivity index (χ1n) is 7.07. The standard InChI is InChI=1S/C18H12N2O3/c1-22-12-4-5-16-13(7-12)18(21)14-8-15(20-10-17(14)23-16)11-3-2-6-19-9-11/h2-10H,1H3. The number of hydrogen-bond acceptors (Lipinski definition) is 5.